The summed E-state index contributed by atoms with van der Waals surface area (Å²) in [5.74, 6) is 0.359. The molecule has 1 saturated heterocycles. The Morgan fingerprint density at radius 2 is 1.95 bits per heavy atom. The Labute approximate surface area is 131 Å². The lowest BCUT2D eigenvalue weighted by molar-refractivity contribution is 0.209. The van der Waals surface area contributed by atoms with Crippen LogP contribution in [0.25, 0.3) is 10.8 Å². The van der Waals surface area contributed by atoms with Gasteiger partial charge in [-0.25, -0.2) is 0 Å². The number of hydrogen-bond acceptors (Lipinski definition) is 3. The second-order valence-electron chi connectivity index (χ2n) is 5.43. The first-order valence-corrected chi connectivity index (χ1v) is 7.11. The number of nitriles is 1. The van der Waals surface area contributed by atoms with E-state index in [0.29, 0.717) is 5.92 Å². The molecule has 2 aromatic carbocycles. The number of piperidine rings is 1. The third kappa shape index (κ3) is 2.97. The fourth-order valence-corrected chi connectivity index (χ4v) is 3.09. The van der Waals surface area contributed by atoms with Gasteiger partial charge < -0.3 is 10.0 Å². The second-order valence-corrected chi connectivity index (χ2v) is 5.43. The number of anilines is 1. The smallest absolute Gasteiger partial charge is 0.0998 e. The maximum Gasteiger partial charge on any atom is 0.0998 e. The SMILES string of the molecule is Cl.N#Cc1ccc(N2CCC[C@H](CO)C2)c2ccccc12. The molecule has 1 N–H and O–H groups in total. The number of hydrogen-bond donors (Lipinski definition) is 1. The van der Waals surface area contributed by atoms with E-state index < -0.39 is 0 Å². The molecule has 0 bridgehead atoms. The molecule has 0 aliphatic carbocycles. The van der Waals surface area contributed by atoms with Gasteiger partial charge >= 0.3 is 0 Å². The highest BCUT2D eigenvalue weighted by Gasteiger charge is 2.21. The lowest BCUT2D eigenvalue weighted by Crippen LogP contribution is -2.36. The van der Waals surface area contributed by atoms with Crippen molar-refractivity contribution in [3.63, 3.8) is 0 Å². The zero-order chi connectivity index (χ0) is 13.9. The third-order valence-corrected chi connectivity index (χ3v) is 4.14. The van der Waals surface area contributed by atoms with Gasteiger partial charge in [0.15, 0.2) is 0 Å². The molecule has 1 atom stereocenters. The van der Waals surface area contributed by atoms with Crippen LogP contribution in [-0.4, -0.2) is 24.8 Å². The number of rotatable bonds is 2. The van der Waals surface area contributed by atoms with Crippen LogP contribution >= 0.6 is 12.4 Å². The molecule has 4 heteroatoms. The van der Waals surface area contributed by atoms with Crippen molar-refractivity contribution < 1.29 is 5.11 Å². The molecule has 0 spiro atoms. The standard InChI is InChI=1S/C17H18N2O.ClH/c18-10-14-7-8-17(16-6-2-1-5-15(14)16)19-9-3-4-13(11-19)12-20;/h1-2,5-8,13,20H,3-4,9,11-12H2;1H/t13-;/m0./s1. The van der Waals surface area contributed by atoms with E-state index in [1.54, 1.807) is 0 Å². The Morgan fingerprint density at radius 1 is 1.19 bits per heavy atom. The van der Waals surface area contributed by atoms with Crippen molar-refractivity contribution in [2.75, 3.05) is 24.6 Å². The normalized spacial score (nSPS) is 18.1. The largest absolute Gasteiger partial charge is 0.396 e. The Bertz CT molecular complexity index is 665. The van der Waals surface area contributed by atoms with Gasteiger partial charge in [-0.15, -0.1) is 12.4 Å². The van der Waals surface area contributed by atoms with Gasteiger partial charge in [0.2, 0.25) is 0 Å². The van der Waals surface area contributed by atoms with Crippen LogP contribution < -0.4 is 4.90 Å². The summed E-state index contributed by atoms with van der Waals surface area (Å²) in [5.41, 5.74) is 1.90. The molecule has 0 amide bonds. The molecule has 3 nitrogen and oxygen atoms in total. The van der Waals surface area contributed by atoms with Crippen LogP contribution in [0.1, 0.15) is 18.4 Å². The van der Waals surface area contributed by atoms with Gasteiger partial charge in [0.25, 0.3) is 0 Å². The quantitative estimate of drug-likeness (QED) is 0.925. The number of benzene rings is 2. The molecule has 21 heavy (non-hydrogen) atoms. The topological polar surface area (TPSA) is 47.3 Å². The molecule has 1 heterocycles. The first kappa shape index (κ1) is 15.6. The first-order chi connectivity index (χ1) is 9.83. The Morgan fingerprint density at radius 3 is 2.67 bits per heavy atom. The van der Waals surface area contributed by atoms with Crippen LogP contribution in [0.3, 0.4) is 0 Å². The van der Waals surface area contributed by atoms with Gasteiger partial charge in [-0.05, 0) is 30.9 Å². The number of nitrogens with zero attached hydrogens (tertiary/aromatic N) is 2. The van der Waals surface area contributed by atoms with E-state index >= 15 is 0 Å². The summed E-state index contributed by atoms with van der Waals surface area (Å²) in [6.45, 7) is 2.17. The molecular formula is C17H19ClN2O. The van der Waals surface area contributed by atoms with Crippen molar-refractivity contribution >= 4 is 28.9 Å². The van der Waals surface area contributed by atoms with E-state index in [1.165, 1.54) is 5.69 Å². The summed E-state index contributed by atoms with van der Waals surface area (Å²) in [7, 11) is 0. The summed E-state index contributed by atoms with van der Waals surface area (Å²) in [5, 5.41) is 20.7. The van der Waals surface area contributed by atoms with Gasteiger partial charge in [0.05, 0.1) is 11.6 Å². The van der Waals surface area contributed by atoms with Gasteiger partial charge in [-0.2, -0.15) is 5.26 Å². The summed E-state index contributed by atoms with van der Waals surface area (Å²) >= 11 is 0. The molecule has 0 unspecified atom stereocenters. The molecule has 0 saturated carbocycles. The number of halogens is 1. The monoisotopic (exact) mass is 302 g/mol. The highest BCUT2D eigenvalue weighted by molar-refractivity contribution is 5.97. The summed E-state index contributed by atoms with van der Waals surface area (Å²) < 4.78 is 0. The maximum absolute atomic E-state index is 9.38. The fourth-order valence-electron chi connectivity index (χ4n) is 3.09. The van der Waals surface area contributed by atoms with E-state index in [1.807, 2.05) is 30.3 Å². The molecule has 1 aliphatic rings. The van der Waals surface area contributed by atoms with Crippen molar-refractivity contribution in [1.29, 1.82) is 5.26 Å². The van der Waals surface area contributed by atoms with Crippen molar-refractivity contribution in [3.8, 4) is 6.07 Å². The Balaban J connectivity index is 0.00000161. The maximum atomic E-state index is 9.38. The number of fused-ring (bicyclic) bond motifs is 1. The predicted octanol–water partition coefficient (Wildman–Crippen LogP) is 3.34. The van der Waals surface area contributed by atoms with Crippen molar-refractivity contribution in [1.82, 2.24) is 0 Å². The first-order valence-electron chi connectivity index (χ1n) is 7.11. The Kier molecular flexibility index (Phi) is 5.06. The van der Waals surface area contributed by atoms with E-state index in [0.717, 1.165) is 42.3 Å². The average Bonchev–Trinajstić information content (AvgIpc) is 2.54. The molecule has 1 fully saturated rings. The van der Waals surface area contributed by atoms with E-state index in [9.17, 15) is 10.4 Å². The minimum Gasteiger partial charge on any atom is -0.396 e. The second kappa shape index (κ2) is 6.80. The van der Waals surface area contributed by atoms with Crippen LogP contribution in [0, 0.1) is 17.2 Å². The van der Waals surface area contributed by atoms with Gasteiger partial charge in [0, 0.05) is 36.2 Å². The summed E-state index contributed by atoms with van der Waals surface area (Å²) in [6.07, 6.45) is 2.21. The van der Waals surface area contributed by atoms with Crippen LogP contribution in [0.2, 0.25) is 0 Å². The van der Waals surface area contributed by atoms with E-state index in [-0.39, 0.29) is 19.0 Å². The van der Waals surface area contributed by atoms with Crippen LogP contribution in [0.5, 0.6) is 0 Å². The van der Waals surface area contributed by atoms with Crippen LogP contribution in [-0.2, 0) is 0 Å². The minimum absolute atomic E-state index is 0. The van der Waals surface area contributed by atoms with Crippen LogP contribution in [0.4, 0.5) is 5.69 Å². The molecule has 0 aromatic heterocycles. The van der Waals surface area contributed by atoms with Crippen molar-refractivity contribution in [2.45, 2.75) is 12.8 Å². The molecule has 3 rings (SSSR count). The molecule has 2 aromatic rings. The zero-order valence-corrected chi connectivity index (χ0v) is 12.6. The summed E-state index contributed by atoms with van der Waals surface area (Å²) in [6, 6.07) is 14.3. The number of aliphatic hydroxyl groups is 1. The predicted molar refractivity (Wildman–Crippen MR) is 87.9 cm³/mol. The average molecular weight is 303 g/mol. The van der Waals surface area contributed by atoms with Gasteiger partial charge in [0.1, 0.15) is 0 Å². The van der Waals surface area contributed by atoms with Crippen molar-refractivity contribution in [3.05, 3.63) is 42.0 Å². The molecule has 1 aliphatic heterocycles. The molecular weight excluding hydrogens is 284 g/mol. The minimum atomic E-state index is 0. The third-order valence-electron chi connectivity index (χ3n) is 4.14. The van der Waals surface area contributed by atoms with E-state index in [2.05, 4.69) is 17.0 Å². The van der Waals surface area contributed by atoms with E-state index in [4.69, 9.17) is 0 Å². The number of aliphatic hydroxyl groups excluding tert-OH is 1. The molecule has 0 radical (unpaired) electrons. The zero-order valence-electron chi connectivity index (χ0n) is 11.8. The Hall–Kier alpha value is -1.76. The summed E-state index contributed by atoms with van der Waals surface area (Å²) in [4.78, 5) is 2.34. The molecule has 110 valence electrons. The fraction of sp³-hybridized carbons (Fsp3) is 0.353. The van der Waals surface area contributed by atoms with Gasteiger partial charge in [-0.3, -0.25) is 0 Å². The lowest BCUT2D eigenvalue weighted by Gasteiger charge is -2.34. The lowest BCUT2D eigenvalue weighted by atomic mass is 9.96. The van der Waals surface area contributed by atoms with Crippen molar-refractivity contribution in [2.24, 2.45) is 5.92 Å². The highest BCUT2D eigenvalue weighted by Crippen LogP contribution is 2.32. The van der Waals surface area contributed by atoms with Gasteiger partial charge in [-0.1, -0.05) is 24.3 Å². The van der Waals surface area contributed by atoms with Crippen LogP contribution in [0.15, 0.2) is 36.4 Å². The highest BCUT2D eigenvalue weighted by atomic mass is 35.5.